The van der Waals surface area contributed by atoms with Crippen molar-refractivity contribution < 1.29 is 33.5 Å². The highest BCUT2D eigenvalue weighted by Crippen LogP contribution is 2.37. The zero-order valence-electron chi connectivity index (χ0n) is 17.0. The molecule has 9 heteroatoms. The lowest BCUT2D eigenvalue weighted by Gasteiger charge is -2.25. The smallest absolute Gasteiger partial charge is 0.317 e. The van der Waals surface area contributed by atoms with Crippen molar-refractivity contribution in [1.82, 2.24) is 0 Å². The monoisotopic (exact) mass is 421 g/mol. The summed E-state index contributed by atoms with van der Waals surface area (Å²) in [4.78, 5) is 36.7. The van der Waals surface area contributed by atoms with Crippen LogP contribution in [0.2, 0.25) is 0 Å². The van der Waals surface area contributed by atoms with Crippen LogP contribution in [0.1, 0.15) is 50.5 Å². The second-order valence-corrected chi connectivity index (χ2v) is 7.46. The van der Waals surface area contributed by atoms with E-state index in [0.29, 0.717) is 30.1 Å². The Morgan fingerprint density at radius 3 is 2.77 bits per heavy atom. The maximum Gasteiger partial charge on any atom is 0.317 e. The van der Waals surface area contributed by atoms with E-state index < -0.39 is 29.3 Å². The van der Waals surface area contributed by atoms with Crippen LogP contribution in [-0.2, 0) is 19.1 Å². The maximum absolute atomic E-state index is 13.1. The summed E-state index contributed by atoms with van der Waals surface area (Å²) < 4.78 is 21.4. The Labute approximate surface area is 174 Å². The summed E-state index contributed by atoms with van der Waals surface area (Å²) in [6.07, 6.45) is 3.49. The number of benzene rings is 1. The highest BCUT2D eigenvalue weighted by molar-refractivity contribution is 6.00. The fraction of sp³-hybridized carbons (Fsp3) is 0.619. The third kappa shape index (κ3) is 5.47. The van der Waals surface area contributed by atoms with Crippen molar-refractivity contribution in [1.29, 1.82) is 0 Å². The third-order valence-corrected chi connectivity index (χ3v) is 5.45. The highest BCUT2D eigenvalue weighted by Gasteiger charge is 2.40. The lowest BCUT2D eigenvalue weighted by atomic mass is 9.81. The van der Waals surface area contributed by atoms with E-state index in [0.717, 1.165) is 19.3 Å². The van der Waals surface area contributed by atoms with Gasteiger partial charge in [-0.15, -0.1) is 0 Å². The van der Waals surface area contributed by atoms with Gasteiger partial charge >= 0.3 is 5.97 Å². The van der Waals surface area contributed by atoms with E-state index >= 15 is 0 Å². The quantitative estimate of drug-likeness (QED) is 0.245. The van der Waals surface area contributed by atoms with Crippen molar-refractivity contribution in [3.05, 3.63) is 33.9 Å². The van der Waals surface area contributed by atoms with Gasteiger partial charge < -0.3 is 18.9 Å². The standard InChI is InChI=1S/C21H27NO8/c1-2-27-21(24)20(17(23)8-7-15-5-3-4-10-28-15)16(12-22(25)26)14-6-9-18-19(11-14)30-13-29-18/h6,9,11,15-16,20H,2-5,7-8,10,12-13H2,1H3. The van der Waals surface area contributed by atoms with Crippen molar-refractivity contribution in [3.63, 3.8) is 0 Å². The first-order chi connectivity index (χ1) is 14.5. The Morgan fingerprint density at radius 1 is 1.27 bits per heavy atom. The van der Waals surface area contributed by atoms with Gasteiger partial charge in [-0.2, -0.15) is 0 Å². The molecule has 164 valence electrons. The summed E-state index contributed by atoms with van der Waals surface area (Å²) in [5, 5.41) is 11.4. The van der Waals surface area contributed by atoms with Crippen molar-refractivity contribution in [2.24, 2.45) is 5.92 Å². The molecule has 0 radical (unpaired) electrons. The number of esters is 1. The molecule has 1 aromatic carbocycles. The summed E-state index contributed by atoms with van der Waals surface area (Å²) in [7, 11) is 0. The van der Waals surface area contributed by atoms with Gasteiger partial charge in [-0.3, -0.25) is 19.7 Å². The van der Waals surface area contributed by atoms with Gasteiger partial charge in [0.2, 0.25) is 13.3 Å². The average molecular weight is 421 g/mol. The molecule has 0 saturated carbocycles. The third-order valence-electron chi connectivity index (χ3n) is 5.45. The van der Waals surface area contributed by atoms with Crippen molar-refractivity contribution in [2.75, 3.05) is 26.6 Å². The first kappa shape index (κ1) is 22.0. The Balaban J connectivity index is 1.83. The first-order valence-electron chi connectivity index (χ1n) is 10.3. The molecule has 9 nitrogen and oxygen atoms in total. The SMILES string of the molecule is CCOC(=O)C(C(=O)CCC1CCCCO1)C(C[N+](=O)[O-])c1ccc2c(c1)OCO2. The van der Waals surface area contributed by atoms with Crippen molar-refractivity contribution in [2.45, 2.75) is 51.0 Å². The molecule has 1 fully saturated rings. The molecule has 1 aromatic rings. The molecular weight excluding hydrogens is 394 g/mol. The molecule has 3 rings (SSSR count). The van der Waals surface area contributed by atoms with Crippen LogP contribution in [0.15, 0.2) is 18.2 Å². The molecule has 2 aliphatic rings. The van der Waals surface area contributed by atoms with Gasteiger partial charge in [0.1, 0.15) is 11.7 Å². The van der Waals surface area contributed by atoms with E-state index in [9.17, 15) is 19.7 Å². The Hall–Kier alpha value is -2.68. The fourth-order valence-electron chi connectivity index (χ4n) is 3.95. The van der Waals surface area contributed by atoms with Crippen molar-refractivity contribution in [3.8, 4) is 11.5 Å². The summed E-state index contributed by atoms with van der Waals surface area (Å²) in [5.74, 6) is -2.38. The number of carbonyl (C=O) groups is 2. The number of fused-ring (bicyclic) bond motifs is 1. The van der Waals surface area contributed by atoms with Crippen LogP contribution < -0.4 is 9.47 Å². The van der Waals surface area contributed by atoms with Gasteiger partial charge in [0.15, 0.2) is 11.5 Å². The lowest BCUT2D eigenvalue weighted by molar-refractivity contribution is -0.484. The number of ether oxygens (including phenoxy) is 4. The van der Waals surface area contributed by atoms with Gasteiger partial charge in [-0.1, -0.05) is 6.07 Å². The zero-order valence-corrected chi connectivity index (χ0v) is 17.0. The van der Waals surface area contributed by atoms with E-state index in [1.807, 2.05) is 0 Å². The maximum atomic E-state index is 13.1. The predicted molar refractivity (Wildman–Crippen MR) is 105 cm³/mol. The minimum Gasteiger partial charge on any atom is -0.465 e. The molecule has 30 heavy (non-hydrogen) atoms. The summed E-state index contributed by atoms with van der Waals surface area (Å²) >= 11 is 0. The number of hydrogen-bond acceptors (Lipinski definition) is 8. The Morgan fingerprint density at radius 2 is 2.07 bits per heavy atom. The Kier molecular flexibility index (Phi) is 7.62. The van der Waals surface area contributed by atoms with E-state index in [-0.39, 0.29) is 31.7 Å². The topological polar surface area (TPSA) is 114 Å². The van der Waals surface area contributed by atoms with Crippen LogP contribution >= 0.6 is 0 Å². The number of ketones is 1. The van der Waals surface area contributed by atoms with Gasteiger partial charge in [0.25, 0.3) is 0 Å². The summed E-state index contributed by atoms with van der Waals surface area (Å²) in [6, 6.07) is 4.86. The van der Waals surface area contributed by atoms with E-state index in [1.165, 1.54) is 0 Å². The van der Waals surface area contributed by atoms with E-state index in [2.05, 4.69) is 0 Å². The Bertz CT molecular complexity index is 774. The number of rotatable bonds is 10. The molecule has 2 aliphatic heterocycles. The second kappa shape index (κ2) is 10.4. The normalized spacial score (nSPS) is 19.7. The van der Waals surface area contributed by atoms with Crippen LogP contribution in [0.25, 0.3) is 0 Å². The molecule has 0 amide bonds. The molecule has 1 saturated heterocycles. The van der Waals surface area contributed by atoms with Crippen LogP contribution in [0.4, 0.5) is 0 Å². The van der Waals surface area contributed by atoms with Gasteiger partial charge in [0, 0.05) is 18.0 Å². The van der Waals surface area contributed by atoms with Crippen molar-refractivity contribution >= 4 is 11.8 Å². The fourth-order valence-corrected chi connectivity index (χ4v) is 3.95. The molecule has 2 heterocycles. The second-order valence-electron chi connectivity index (χ2n) is 7.46. The summed E-state index contributed by atoms with van der Waals surface area (Å²) in [6.45, 7) is 1.87. The average Bonchev–Trinajstić information content (AvgIpc) is 3.20. The number of nitrogens with zero attached hydrogens (tertiary/aromatic N) is 1. The largest absolute Gasteiger partial charge is 0.465 e. The minimum atomic E-state index is -1.26. The van der Waals surface area contributed by atoms with E-state index in [1.54, 1.807) is 25.1 Å². The van der Waals surface area contributed by atoms with Crippen LogP contribution in [0, 0.1) is 16.0 Å². The lowest BCUT2D eigenvalue weighted by Crippen LogP contribution is -2.36. The molecule has 0 bridgehead atoms. The van der Waals surface area contributed by atoms with Gasteiger partial charge in [-0.05, 0) is 50.3 Å². The highest BCUT2D eigenvalue weighted by atomic mass is 16.7. The number of nitro groups is 1. The van der Waals surface area contributed by atoms with E-state index in [4.69, 9.17) is 18.9 Å². The predicted octanol–water partition coefficient (Wildman–Crippen LogP) is 2.87. The molecule has 0 aliphatic carbocycles. The molecule has 0 N–H and O–H groups in total. The van der Waals surface area contributed by atoms with Gasteiger partial charge in [0.05, 0.1) is 18.6 Å². The number of hydrogen-bond donors (Lipinski definition) is 0. The zero-order chi connectivity index (χ0) is 21.5. The molecule has 0 spiro atoms. The molecule has 3 unspecified atom stereocenters. The number of Topliss-reactive ketones (excluding diaryl/α,β-unsaturated/α-hetero) is 1. The van der Waals surface area contributed by atoms with Crippen LogP contribution in [0.5, 0.6) is 11.5 Å². The molecule has 3 atom stereocenters. The molecular formula is C21H27NO8. The molecule has 0 aromatic heterocycles. The van der Waals surface area contributed by atoms with Gasteiger partial charge in [-0.25, -0.2) is 0 Å². The first-order valence-corrected chi connectivity index (χ1v) is 10.3. The van der Waals surface area contributed by atoms with Crippen LogP contribution in [-0.4, -0.2) is 49.3 Å². The number of carbonyl (C=O) groups excluding carboxylic acids is 2. The summed E-state index contributed by atoms with van der Waals surface area (Å²) in [5.41, 5.74) is 0.469. The minimum absolute atomic E-state index is 0.0231. The van der Waals surface area contributed by atoms with Crippen LogP contribution in [0.3, 0.4) is 0 Å².